The number of nitrogens with two attached hydrogens (primary N) is 1. The highest BCUT2D eigenvalue weighted by Crippen LogP contribution is 2.14. The number of carbonyl (C=O) groups excluding carboxylic acids is 1. The van der Waals surface area contributed by atoms with Crippen LogP contribution in [0.2, 0.25) is 0 Å². The maximum absolute atomic E-state index is 12.4. The third-order valence-electron chi connectivity index (χ3n) is 4.15. The van der Waals surface area contributed by atoms with E-state index in [4.69, 9.17) is 5.73 Å². The van der Waals surface area contributed by atoms with Gasteiger partial charge in [-0.25, -0.2) is 0 Å². The summed E-state index contributed by atoms with van der Waals surface area (Å²) in [5.41, 5.74) is 7.19. The summed E-state index contributed by atoms with van der Waals surface area (Å²) in [4.78, 5) is 16.8. The Morgan fingerprint density at radius 1 is 1.45 bits per heavy atom. The maximum Gasteiger partial charge on any atom is 0.257 e. The molecule has 3 N–H and O–H groups in total. The molecule has 6 nitrogen and oxygen atoms in total. The highest BCUT2D eigenvalue weighted by molar-refractivity contribution is 5.95. The van der Waals surface area contributed by atoms with E-state index in [9.17, 15) is 4.79 Å². The van der Waals surface area contributed by atoms with E-state index in [-0.39, 0.29) is 5.91 Å². The number of aromatic amines is 1. The number of aryl methyl sites for hydroxylation is 1. The molecule has 0 aliphatic carbocycles. The van der Waals surface area contributed by atoms with E-state index in [1.807, 2.05) is 11.8 Å². The van der Waals surface area contributed by atoms with Gasteiger partial charge in [0.25, 0.3) is 5.91 Å². The van der Waals surface area contributed by atoms with Crippen LogP contribution in [0.15, 0.2) is 6.20 Å². The van der Waals surface area contributed by atoms with Crippen LogP contribution in [0.1, 0.15) is 35.8 Å². The van der Waals surface area contributed by atoms with Crippen LogP contribution < -0.4 is 5.73 Å². The zero-order valence-electron chi connectivity index (χ0n) is 12.4. The molecule has 0 saturated carbocycles. The average Bonchev–Trinajstić information content (AvgIpc) is 2.90. The molecule has 1 unspecified atom stereocenters. The number of amides is 1. The van der Waals surface area contributed by atoms with Crippen molar-refractivity contribution >= 4 is 5.91 Å². The van der Waals surface area contributed by atoms with Crippen LogP contribution >= 0.6 is 0 Å². The van der Waals surface area contributed by atoms with Crippen molar-refractivity contribution in [3.63, 3.8) is 0 Å². The molecule has 1 aromatic heterocycles. The predicted octanol–water partition coefficient (Wildman–Crippen LogP) is 0.603. The fourth-order valence-corrected chi connectivity index (χ4v) is 2.86. The van der Waals surface area contributed by atoms with Gasteiger partial charge in [0.2, 0.25) is 0 Å². The number of aromatic nitrogens is 2. The van der Waals surface area contributed by atoms with E-state index in [0.29, 0.717) is 11.6 Å². The number of rotatable bonds is 5. The molecule has 1 atom stereocenters. The molecule has 0 bridgehead atoms. The van der Waals surface area contributed by atoms with Gasteiger partial charge in [0, 0.05) is 37.9 Å². The number of hydrogen-bond acceptors (Lipinski definition) is 4. The van der Waals surface area contributed by atoms with Gasteiger partial charge in [0.1, 0.15) is 0 Å². The Bertz CT molecular complexity index is 437. The van der Waals surface area contributed by atoms with E-state index >= 15 is 0 Å². The summed E-state index contributed by atoms with van der Waals surface area (Å²) in [5, 5.41) is 6.74. The van der Waals surface area contributed by atoms with E-state index in [2.05, 4.69) is 22.0 Å². The number of nitrogens with one attached hydrogen (secondary N) is 1. The molecule has 1 amide bonds. The lowest BCUT2D eigenvalue weighted by Gasteiger charge is -2.39. The van der Waals surface area contributed by atoms with Crippen molar-refractivity contribution in [2.24, 2.45) is 5.73 Å². The van der Waals surface area contributed by atoms with Crippen LogP contribution in [0.4, 0.5) is 0 Å². The second kappa shape index (κ2) is 6.85. The van der Waals surface area contributed by atoms with Crippen molar-refractivity contribution in [3.8, 4) is 0 Å². The summed E-state index contributed by atoms with van der Waals surface area (Å²) in [6.45, 7) is 8.24. The largest absolute Gasteiger partial charge is 0.336 e. The van der Waals surface area contributed by atoms with Crippen LogP contribution in [-0.2, 0) is 0 Å². The quantitative estimate of drug-likeness (QED) is 0.827. The standard InChI is InChI=1S/C14H25N5O/c1-3-12(4-5-15)18-6-8-19(9-7-18)14(20)13-10-16-17-11(13)2/h10,12H,3-9,15H2,1-2H3,(H,16,17). The van der Waals surface area contributed by atoms with Gasteiger partial charge in [-0.3, -0.25) is 14.8 Å². The summed E-state index contributed by atoms with van der Waals surface area (Å²) in [6, 6.07) is 0.549. The summed E-state index contributed by atoms with van der Waals surface area (Å²) in [6.07, 6.45) is 3.77. The summed E-state index contributed by atoms with van der Waals surface area (Å²) < 4.78 is 0. The van der Waals surface area contributed by atoms with Crippen LogP contribution in [0.25, 0.3) is 0 Å². The number of hydrogen-bond donors (Lipinski definition) is 2. The van der Waals surface area contributed by atoms with Gasteiger partial charge in [0.05, 0.1) is 11.8 Å². The zero-order chi connectivity index (χ0) is 14.5. The molecule has 1 fully saturated rings. The predicted molar refractivity (Wildman–Crippen MR) is 78.6 cm³/mol. The van der Waals surface area contributed by atoms with Gasteiger partial charge in [-0.05, 0) is 26.3 Å². The zero-order valence-corrected chi connectivity index (χ0v) is 12.4. The van der Waals surface area contributed by atoms with Gasteiger partial charge in [-0.2, -0.15) is 5.10 Å². The van der Waals surface area contributed by atoms with Crippen molar-refractivity contribution in [1.82, 2.24) is 20.0 Å². The normalized spacial score (nSPS) is 18.2. The first-order valence-corrected chi connectivity index (χ1v) is 7.40. The SMILES string of the molecule is CCC(CCN)N1CCN(C(=O)c2cn[nH]c2C)CC1. The molecule has 112 valence electrons. The molecule has 0 aromatic carbocycles. The monoisotopic (exact) mass is 279 g/mol. The summed E-state index contributed by atoms with van der Waals surface area (Å²) in [7, 11) is 0. The lowest BCUT2D eigenvalue weighted by Crippen LogP contribution is -2.52. The lowest BCUT2D eigenvalue weighted by molar-refractivity contribution is 0.0556. The Labute approximate surface area is 120 Å². The topological polar surface area (TPSA) is 78.2 Å². The third-order valence-corrected chi connectivity index (χ3v) is 4.15. The van der Waals surface area contributed by atoms with E-state index in [1.165, 1.54) is 0 Å². The van der Waals surface area contributed by atoms with Crippen molar-refractivity contribution in [3.05, 3.63) is 17.5 Å². The van der Waals surface area contributed by atoms with E-state index in [1.54, 1.807) is 6.20 Å². The number of H-pyrrole nitrogens is 1. The first kappa shape index (κ1) is 15.0. The minimum Gasteiger partial charge on any atom is -0.336 e. The third kappa shape index (κ3) is 3.19. The lowest BCUT2D eigenvalue weighted by atomic mass is 10.1. The van der Waals surface area contributed by atoms with E-state index in [0.717, 1.165) is 51.3 Å². The Hall–Kier alpha value is -1.40. The number of piperazine rings is 1. The van der Waals surface area contributed by atoms with Gasteiger partial charge < -0.3 is 10.6 Å². The van der Waals surface area contributed by atoms with Gasteiger partial charge in [-0.1, -0.05) is 6.92 Å². The van der Waals surface area contributed by atoms with Crippen molar-refractivity contribution in [2.45, 2.75) is 32.7 Å². The molecule has 6 heteroatoms. The first-order valence-electron chi connectivity index (χ1n) is 7.40. The highest BCUT2D eigenvalue weighted by atomic mass is 16.2. The number of carbonyl (C=O) groups is 1. The Kier molecular flexibility index (Phi) is 5.14. The molecule has 0 spiro atoms. The van der Waals surface area contributed by atoms with Gasteiger partial charge in [0.15, 0.2) is 0 Å². The van der Waals surface area contributed by atoms with Crippen molar-refractivity contribution in [1.29, 1.82) is 0 Å². The highest BCUT2D eigenvalue weighted by Gasteiger charge is 2.26. The molecule has 20 heavy (non-hydrogen) atoms. The molecule has 2 heterocycles. The van der Waals surface area contributed by atoms with Gasteiger partial charge in [-0.15, -0.1) is 0 Å². The maximum atomic E-state index is 12.4. The smallest absolute Gasteiger partial charge is 0.257 e. The molecule has 2 rings (SSSR count). The van der Waals surface area contributed by atoms with Crippen LogP contribution in [0, 0.1) is 6.92 Å². The Morgan fingerprint density at radius 3 is 2.65 bits per heavy atom. The first-order chi connectivity index (χ1) is 9.67. The molecule has 1 aromatic rings. The minimum absolute atomic E-state index is 0.0859. The second-order valence-electron chi connectivity index (χ2n) is 5.38. The second-order valence-corrected chi connectivity index (χ2v) is 5.38. The Morgan fingerprint density at radius 2 is 2.15 bits per heavy atom. The Balaban J connectivity index is 1.91. The van der Waals surface area contributed by atoms with E-state index < -0.39 is 0 Å². The van der Waals surface area contributed by atoms with Gasteiger partial charge >= 0.3 is 0 Å². The van der Waals surface area contributed by atoms with Crippen LogP contribution in [0.3, 0.4) is 0 Å². The molecular weight excluding hydrogens is 254 g/mol. The fourth-order valence-electron chi connectivity index (χ4n) is 2.86. The minimum atomic E-state index is 0.0859. The van der Waals surface area contributed by atoms with Crippen molar-refractivity contribution in [2.75, 3.05) is 32.7 Å². The molecular formula is C14H25N5O. The summed E-state index contributed by atoms with van der Waals surface area (Å²) in [5.74, 6) is 0.0859. The van der Waals surface area contributed by atoms with Crippen molar-refractivity contribution < 1.29 is 4.79 Å². The van der Waals surface area contributed by atoms with Crippen LogP contribution in [0.5, 0.6) is 0 Å². The molecule has 1 saturated heterocycles. The molecule has 1 aliphatic rings. The fraction of sp³-hybridized carbons (Fsp3) is 0.714. The number of nitrogens with zero attached hydrogens (tertiary/aromatic N) is 3. The average molecular weight is 279 g/mol. The molecule has 1 aliphatic heterocycles. The summed E-state index contributed by atoms with van der Waals surface area (Å²) >= 11 is 0. The van der Waals surface area contributed by atoms with Crippen LogP contribution in [-0.4, -0.2) is 64.7 Å². The molecule has 0 radical (unpaired) electrons.